The number of carbonyl (C=O) groups is 3. The summed E-state index contributed by atoms with van der Waals surface area (Å²) in [6, 6.07) is 8.05. The van der Waals surface area contributed by atoms with E-state index in [2.05, 4.69) is 101 Å². The SMILES string of the molecule is COC(=O)/C(C)=C\CC12OC(C)(C)C3CC(C1=O)C1C4=C(c5ccccc5C4=O)N4CCCC45c4c(OCCN6CCN(C)CC6)c6c(c(CC=C(C)C)c4OC32C15)OC(C)(CCC=C(C)C)C=C6. The van der Waals surface area contributed by atoms with Crippen LogP contribution in [0.3, 0.4) is 0 Å². The van der Waals surface area contributed by atoms with Gasteiger partial charge in [0.1, 0.15) is 29.5 Å². The molecule has 2 aromatic rings. The highest BCUT2D eigenvalue weighted by atomic mass is 16.6. The molecule has 6 fully saturated rings. The molecule has 10 aliphatic rings. The summed E-state index contributed by atoms with van der Waals surface area (Å²) in [5.74, 6) is 0.177. The number of nitrogens with zero attached hydrogens (tertiary/aromatic N) is 3. The summed E-state index contributed by atoms with van der Waals surface area (Å²) in [5.41, 5.74) is 4.11. The van der Waals surface area contributed by atoms with Crippen LogP contribution in [0.4, 0.5) is 0 Å². The van der Waals surface area contributed by atoms with Gasteiger partial charge in [0, 0.05) is 97.2 Å². The molecule has 3 saturated heterocycles. The minimum atomic E-state index is -1.49. The normalized spacial score (nSPS) is 33.1. The second kappa shape index (κ2) is 16.3. The van der Waals surface area contributed by atoms with Crippen LogP contribution in [0.2, 0.25) is 0 Å². The van der Waals surface area contributed by atoms with Gasteiger partial charge in [-0.1, -0.05) is 53.6 Å². The number of hydrogen-bond donors (Lipinski definition) is 0. The summed E-state index contributed by atoms with van der Waals surface area (Å²) in [7, 11) is 3.56. The number of esters is 1. The third-order valence-electron chi connectivity index (χ3n) is 17.9. The Morgan fingerprint density at radius 2 is 1.65 bits per heavy atom. The van der Waals surface area contributed by atoms with Crippen LogP contribution < -0.4 is 14.2 Å². The molecule has 11 nitrogen and oxygen atoms in total. The van der Waals surface area contributed by atoms with Crippen LogP contribution in [0.5, 0.6) is 17.2 Å². The van der Waals surface area contributed by atoms with Crippen LogP contribution in [0.25, 0.3) is 11.8 Å². The number of piperazine rings is 1. The number of ketones is 2. The predicted molar refractivity (Wildman–Crippen MR) is 266 cm³/mol. The number of carbonyl (C=O) groups excluding carboxylic acids is 3. The highest BCUT2D eigenvalue weighted by Crippen LogP contribution is 2.80. The summed E-state index contributed by atoms with van der Waals surface area (Å²) >= 11 is 0. The summed E-state index contributed by atoms with van der Waals surface area (Å²) < 4.78 is 35.9. The molecule has 0 amide bonds. The van der Waals surface area contributed by atoms with Crippen LogP contribution in [-0.2, 0) is 31.0 Å². The van der Waals surface area contributed by atoms with E-state index in [4.69, 9.17) is 23.7 Å². The number of methoxy groups -OCH3 is 1. The van der Waals surface area contributed by atoms with Gasteiger partial charge in [-0.15, -0.1) is 0 Å². The first-order valence-corrected chi connectivity index (χ1v) is 25.7. The molecule has 366 valence electrons. The fourth-order valence-corrected chi connectivity index (χ4v) is 14.9. The van der Waals surface area contributed by atoms with E-state index in [-0.39, 0.29) is 29.8 Å². The van der Waals surface area contributed by atoms with Crippen molar-refractivity contribution in [1.82, 2.24) is 14.7 Å². The molecule has 0 radical (unpaired) electrons. The molecule has 8 unspecified atom stereocenters. The van der Waals surface area contributed by atoms with Crippen LogP contribution in [-0.4, -0.2) is 115 Å². The maximum absolute atomic E-state index is 16.2. The smallest absolute Gasteiger partial charge is 0.333 e. The average Bonchev–Trinajstić information content (AvgIpc) is 3.92. The zero-order valence-electron chi connectivity index (χ0n) is 42.5. The quantitative estimate of drug-likeness (QED) is 0.116. The fraction of sp³-hybridized carbons (Fsp3) is 0.569. The third kappa shape index (κ3) is 6.50. The molecule has 2 spiro atoms. The van der Waals surface area contributed by atoms with Crippen molar-refractivity contribution in [2.75, 3.05) is 60.0 Å². The lowest BCUT2D eigenvalue weighted by Crippen LogP contribution is -2.82. The zero-order valence-corrected chi connectivity index (χ0v) is 42.5. The second-order valence-electron chi connectivity index (χ2n) is 22.9. The molecule has 69 heavy (non-hydrogen) atoms. The number of likely N-dealkylation sites (N-methyl/N-ethyl adjacent to an activating group) is 1. The van der Waals surface area contributed by atoms with Crippen molar-refractivity contribution in [2.24, 2.45) is 23.7 Å². The average molecular weight is 938 g/mol. The van der Waals surface area contributed by atoms with E-state index >= 15 is 9.59 Å². The van der Waals surface area contributed by atoms with Crippen LogP contribution in [0, 0.1) is 23.7 Å². The van der Waals surface area contributed by atoms with Crippen LogP contribution in [0.1, 0.15) is 127 Å². The molecule has 3 saturated carbocycles. The first-order chi connectivity index (χ1) is 32.9. The summed E-state index contributed by atoms with van der Waals surface area (Å²) in [6.07, 6.45) is 15.3. The maximum Gasteiger partial charge on any atom is 0.333 e. The van der Waals surface area contributed by atoms with Crippen molar-refractivity contribution in [2.45, 2.75) is 128 Å². The number of Topliss-reactive ketones (excluding diaryl/α,β-unsaturated/α-hetero) is 2. The molecule has 4 aliphatic carbocycles. The molecule has 2 aromatic carbocycles. The van der Waals surface area contributed by atoms with Crippen LogP contribution >= 0.6 is 0 Å². The first kappa shape index (κ1) is 46.4. The Balaban J connectivity index is 1.22. The standard InChI is InChI=1S/C58H71N3O8/c1-34(2)15-13-22-55(8)24-21-40-48(67-55)39(19-18-35(3)4)50-45(49(40)66-32-31-60-29-27-59(9)28-30-60)56-23-14-26-61(56)46-37-16-11-12-17-38(37)47(62)44(46)43-41-33-42-54(6,7)69-57(52(41)63,58(42,68-50)51(43)56)25-20-36(5)53(64)65-10/h11-12,15-18,20-21,24,41-43,51H,13-14,19,22-23,25-33H2,1-10H3/b36-20-. The molecular weight excluding hydrogens is 867 g/mol. The minimum absolute atomic E-state index is 0.0115. The van der Waals surface area contributed by atoms with Crippen molar-refractivity contribution in [3.8, 4) is 17.2 Å². The Bertz CT molecular complexity index is 2710. The number of benzene rings is 2. The monoisotopic (exact) mass is 938 g/mol. The molecule has 4 bridgehead atoms. The van der Waals surface area contributed by atoms with Gasteiger partial charge in [0.15, 0.2) is 22.8 Å². The van der Waals surface area contributed by atoms with Gasteiger partial charge < -0.3 is 33.5 Å². The van der Waals surface area contributed by atoms with Gasteiger partial charge in [-0.3, -0.25) is 14.5 Å². The number of hydrogen-bond acceptors (Lipinski definition) is 11. The Labute approximate surface area is 408 Å². The van der Waals surface area contributed by atoms with E-state index < -0.39 is 45.7 Å². The highest BCUT2D eigenvalue weighted by molar-refractivity contribution is 6.22. The van der Waals surface area contributed by atoms with E-state index in [1.807, 2.05) is 24.3 Å². The molecule has 11 heteroatoms. The maximum atomic E-state index is 16.2. The Hall–Kier alpha value is -4.97. The largest absolute Gasteiger partial charge is 0.491 e. The van der Waals surface area contributed by atoms with Gasteiger partial charge in [0.2, 0.25) is 0 Å². The molecule has 12 rings (SSSR count). The molecule has 8 atom stereocenters. The summed E-state index contributed by atoms with van der Waals surface area (Å²) in [5, 5.41) is 0. The number of fused-ring (bicyclic) bond motifs is 5. The van der Waals surface area contributed by atoms with Crippen molar-refractivity contribution < 1.29 is 38.1 Å². The van der Waals surface area contributed by atoms with E-state index in [1.165, 1.54) is 18.3 Å². The van der Waals surface area contributed by atoms with E-state index in [0.717, 1.165) is 110 Å². The minimum Gasteiger partial charge on any atom is -0.491 e. The van der Waals surface area contributed by atoms with Crippen molar-refractivity contribution >= 4 is 29.3 Å². The lowest BCUT2D eigenvalue weighted by Gasteiger charge is -2.71. The fourth-order valence-electron chi connectivity index (χ4n) is 14.9. The first-order valence-electron chi connectivity index (χ1n) is 25.7. The van der Waals surface area contributed by atoms with Crippen LogP contribution in [0.15, 0.2) is 70.9 Å². The third-order valence-corrected chi connectivity index (χ3v) is 17.9. The van der Waals surface area contributed by atoms with E-state index in [0.29, 0.717) is 36.3 Å². The molecule has 6 heterocycles. The highest BCUT2D eigenvalue weighted by Gasteiger charge is 2.89. The lowest BCUT2D eigenvalue weighted by atomic mass is 9.38. The predicted octanol–water partition coefficient (Wildman–Crippen LogP) is 9.28. The van der Waals surface area contributed by atoms with Gasteiger partial charge in [0.25, 0.3) is 0 Å². The van der Waals surface area contributed by atoms with Gasteiger partial charge >= 0.3 is 5.97 Å². The number of allylic oxidation sites excluding steroid dienone is 5. The van der Waals surface area contributed by atoms with Crippen molar-refractivity contribution in [3.63, 3.8) is 0 Å². The van der Waals surface area contributed by atoms with E-state index in [1.54, 1.807) is 6.92 Å². The van der Waals surface area contributed by atoms with E-state index in [9.17, 15) is 4.79 Å². The van der Waals surface area contributed by atoms with Crippen molar-refractivity contribution in [1.29, 1.82) is 0 Å². The Kier molecular flexibility index (Phi) is 11.0. The summed E-state index contributed by atoms with van der Waals surface area (Å²) in [6.45, 7) is 22.6. The molecular formula is C58H71N3O8. The molecule has 0 aromatic heterocycles. The molecule has 0 N–H and O–H groups in total. The van der Waals surface area contributed by atoms with Gasteiger partial charge in [-0.25, -0.2) is 4.79 Å². The second-order valence-corrected chi connectivity index (χ2v) is 22.9. The van der Waals surface area contributed by atoms with Gasteiger partial charge in [-0.2, -0.15) is 0 Å². The zero-order chi connectivity index (χ0) is 48.6. The van der Waals surface area contributed by atoms with Gasteiger partial charge in [-0.05, 0) is 113 Å². The summed E-state index contributed by atoms with van der Waals surface area (Å²) in [4.78, 5) is 52.1. The number of ether oxygens (including phenoxy) is 5. The van der Waals surface area contributed by atoms with Crippen molar-refractivity contribution in [3.05, 3.63) is 98.7 Å². The topological polar surface area (TPSA) is 107 Å². The van der Waals surface area contributed by atoms with Gasteiger partial charge in [0.05, 0.1) is 35.1 Å². The molecule has 6 aliphatic heterocycles. The Morgan fingerprint density at radius 1 is 0.913 bits per heavy atom. The number of rotatable bonds is 12. The lowest BCUT2D eigenvalue weighted by molar-refractivity contribution is -0.243. The Morgan fingerprint density at radius 3 is 2.38 bits per heavy atom.